The number of nitriles is 1. The van der Waals surface area contributed by atoms with Crippen LogP contribution in [0.15, 0.2) is 12.3 Å². The van der Waals surface area contributed by atoms with Gasteiger partial charge in [0, 0.05) is 12.2 Å². The van der Waals surface area contributed by atoms with E-state index in [0.717, 1.165) is 12.3 Å². The van der Waals surface area contributed by atoms with E-state index in [1.165, 1.54) is 0 Å². The fourth-order valence-electron chi connectivity index (χ4n) is 1.26. The Hall–Kier alpha value is -2.03. The van der Waals surface area contributed by atoms with E-state index in [9.17, 15) is 13.6 Å². The fraction of sp³-hybridized carbons (Fsp3) is 0.364. The first-order chi connectivity index (χ1) is 8.10. The monoisotopic (exact) mass is 239 g/mol. The quantitative estimate of drug-likeness (QED) is 0.814. The first-order valence-electron chi connectivity index (χ1n) is 5.08. The third-order valence-corrected chi connectivity index (χ3v) is 2.26. The number of carbonyl (C=O) groups is 1. The second-order valence-electron chi connectivity index (χ2n) is 3.40. The van der Waals surface area contributed by atoms with E-state index in [0.29, 0.717) is 6.42 Å². The first-order valence-corrected chi connectivity index (χ1v) is 5.08. The van der Waals surface area contributed by atoms with Crippen LogP contribution < -0.4 is 5.32 Å². The van der Waals surface area contributed by atoms with Crippen LogP contribution in [-0.4, -0.2) is 16.9 Å². The van der Waals surface area contributed by atoms with Gasteiger partial charge in [-0.25, -0.2) is 9.37 Å². The van der Waals surface area contributed by atoms with Gasteiger partial charge in [0.2, 0.25) is 5.95 Å². The molecule has 0 fully saturated rings. The molecule has 4 nitrogen and oxygen atoms in total. The van der Waals surface area contributed by atoms with Gasteiger partial charge in [-0.1, -0.05) is 6.92 Å². The molecular formula is C11H11F2N3O. The van der Waals surface area contributed by atoms with Gasteiger partial charge in [0.1, 0.15) is 0 Å². The summed E-state index contributed by atoms with van der Waals surface area (Å²) >= 11 is 0. The van der Waals surface area contributed by atoms with Crippen molar-refractivity contribution >= 4 is 5.91 Å². The topological polar surface area (TPSA) is 65.8 Å². The van der Waals surface area contributed by atoms with Crippen molar-refractivity contribution in [3.8, 4) is 6.07 Å². The third kappa shape index (κ3) is 3.21. The zero-order valence-corrected chi connectivity index (χ0v) is 9.20. The minimum absolute atomic E-state index is 0.122. The number of amides is 1. The highest BCUT2D eigenvalue weighted by Gasteiger charge is 2.18. The Balaban J connectivity index is 2.83. The van der Waals surface area contributed by atoms with E-state index >= 15 is 0 Å². The SMILES string of the molecule is CCC(CC#N)NC(=O)c1ccnc(F)c1F. The second kappa shape index (κ2) is 5.89. The molecule has 90 valence electrons. The number of halogens is 2. The Morgan fingerprint density at radius 3 is 2.94 bits per heavy atom. The number of aromatic nitrogens is 1. The molecular weight excluding hydrogens is 228 g/mol. The molecule has 1 amide bonds. The molecule has 0 aromatic carbocycles. The van der Waals surface area contributed by atoms with Gasteiger partial charge in [0.25, 0.3) is 5.91 Å². The normalized spacial score (nSPS) is 11.6. The highest BCUT2D eigenvalue weighted by Crippen LogP contribution is 2.09. The molecule has 1 atom stereocenters. The Labute approximate surface area is 97.3 Å². The highest BCUT2D eigenvalue weighted by molar-refractivity contribution is 5.94. The van der Waals surface area contributed by atoms with E-state index < -0.39 is 23.2 Å². The zero-order chi connectivity index (χ0) is 12.8. The summed E-state index contributed by atoms with van der Waals surface area (Å²) in [6.45, 7) is 1.78. The molecule has 6 heteroatoms. The van der Waals surface area contributed by atoms with Gasteiger partial charge in [-0.05, 0) is 12.5 Å². The van der Waals surface area contributed by atoms with Gasteiger partial charge in [-0.3, -0.25) is 4.79 Å². The zero-order valence-electron chi connectivity index (χ0n) is 9.20. The van der Waals surface area contributed by atoms with E-state index in [4.69, 9.17) is 5.26 Å². The molecule has 0 saturated heterocycles. The Kier molecular flexibility index (Phi) is 4.52. The largest absolute Gasteiger partial charge is 0.348 e. The lowest BCUT2D eigenvalue weighted by Crippen LogP contribution is -2.34. The van der Waals surface area contributed by atoms with E-state index in [1.807, 2.05) is 6.07 Å². The average Bonchev–Trinajstić information content (AvgIpc) is 2.31. The summed E-state index contributed by atoms with van der Waals surface area (Å²) in [7, 11) is 0. The molecule has 0 saturated carbocycles. The third-order valence-electron chi connectivity index (χ3n) is 2.26. The highest BCUT2D eigenvalue weighted by atomic mass is 19.2. The lowest BCUT2D eigenvalue weighted by atomic mass is 10.1. The minimum Gasteiger partial charge on any atom is -0.348 e. The Morgan fingerprint density at radius 2 is 2.35 bits per heavy atom. The van der Waals surface area contributed by atoms with E-state index in [-0.39, 0.29) is 12.5 Å². The van der Waals surface area contributed by atoms with Gasteiger partial charge >= 0.3 is 0 Å². The average molecular weight is 239 g/mol. The van der Waals surface area contributed by atoms with Crippen molar-refractivity contribution in [1.82, 2.24) is 10.3 Å². The molecule has 1 aromatic heterocycles. The van der Waals surface area contributed by atoms with Crippen molar-refractivity contribution in [2.45, 2.75) is 25.8 Å². The maximum absolute atomic E-state index is 13.2. The standard InChI is InChI=1S/C11H11F2N3O/c1-2-7(3-5-14)16-11(17)8-4-6-15-10(13)9(8)12/h4,6-7H,2-3H2,1H3,(H,16,17). The van der Waals surface area contributed by atoms with Crippen LogP contribution in [0.3, 0.4) is 0 Å². The van der Waals surface area contributed by atoms with Crippen LogP contribution in [0.25, 0.3) is 0 Å². The molecule has 0 aliphatic heterocycles. The van der Waals surface area contributed by atoms with Crippen LogP contribution in [0.1, 0.15) is 30.1 Å². The summed E-state index contributed by atoms with van der Waals surface area (Å²) in [5.74, 6) is -3.34. The summed E-state index contributed by atoms with van der Waals surface area (Å²) in [5.41, 5.74) is -0.408. The molecule has 1 heterocycles. The van der Waals surface area contributed by atoms with Crippen LogP contribution in [-0.2, 0) is 0 Å². The number of nitrogens with zero attached hydrogens (tertiary/aromatic N) is 2. The van der Waals surface area contributed by atoms with Crippen LogP contribution in [0.5, 0.6) is 0 Å². The lowest BCUT2D eigenvalue weighted by molar-refractivity contribution is 0.0931. The van der Waals surface area contributed by atoms with Crippen LogP contribution in [0, 0.1) is 23.1 Å². The molecule has 0 spiro atoms. The molecule has 0 aliphatic rings. The van der Waals surface area contributed by atoms with Crippen LogP contribution >= 0.6 is 0 Å². The molecule has 0 bridgehead atoms. The fourth-order valence-corrected chi connectivity index (χ4v) is 1.26. The molecule has 1 rings (SSSR count). The number of rotatable bonds is 4. The molecule has 1 aromatic rings. The van der Waals surface area contributed by atoms with Crippen molar-refractivity contribution in [2.75, 3.05) is 0 Å². The maximum atomic E-state index is 13.2. The smallest absolute Gasteiger partial charge is 0.254 e. The Morgan fingerprint density at radius 1 is 1.65 bits per heavy atom. The molecule has 17 heavy (non-hydrogen) atoms. The van der Waals surface area contributed by atoms with Gasteiger partial charge in [-0.2, -0.15) is 9.65 Å². The summed E-state index contributed by atoms with van der Waals surface area (Å²) in [6.07, 6.45) is 1.67. The van der Waals surface area contributed by atoms with Gasteiger partial charge < -0.3 is 5.32 Å². The first kappa shape index (κ1) is 13.0. The van der Waals surface area contributed by atoms with Gasteiger partial charge in [-0.15, -0.1) is 0 Å². The summed E-state index contributed by atoms with van der Waals surface area (Å²) in [5, 5.41) is 11.0. The lowest BCUT2D eigenvalue weighted by Gasteiger charge is -2.13. The Bertz CT molecular complexity index is 457. The van der Waals surface area contributed by atoms with Gasteiger partial charge in [0.15, 0.2) is 5.82 Å². The van der Waals surface area contributed by atoms with Crippen LogP contribution in [0.4, 0.5) is 8.78 Å². The van der Waals surface area contributed by atoms with Gasteiger partial charge in [0.05, 0.1) is 18.1 Å². The number of nitrogens with one attached hydrogen (secondary N) is 1. The summed E-state index contributed by atoms with van der Waals surface area (Å²) in [6, 6.07) is 2.62. The van der Waals surface area contributed by atoms with Crippen molar-refractivity contribution in [3.63, 3.8) is 0 Å². The predicted octanol–water partition coefficient (Wildman–Crippen LogP) is 1.78. The second-order valence-corrected chi connectivity index (χ2v) is 3.40. The predicted molar refractivity (Wildman–Crippen MR) is 55.9 cm³/mol. The van der Waals surface area contributed by atoms with Crippen molar-refractivity contribution < 1.29 is 13.6 Å². The van der Waals surface area contributed by atoms with Crippen molar-refractivity contribution in [2.24, 2.45) is 0 Å². The molecule has 0 aliphatic carbocycles. The van der Waals surface area contributed by atoms with Crippen molar-refractivity contribution in [3.05, 3.63) is 29.6 Å². The minimum atomic E-state index is -1.31. The van der Waals surface area contributed by atoms with Crippen LogP contribution in [0.2, 0.25) is 0 Å². The number of pyridine rings is 1. The number of carbonyl (C=O) groups excluding carboxylic acids is 1. The maximum Gasteiger partial charge on any atom is 0.254 e. The van der Waals surface area contributed by atoms with E-state index in [1.54, 1.807) is 6.92 Å². The van der Waals surface area contributed by atoms with E-state index in [2.05, 4.69) is 10.3 Å². The summed E-state index contributed by atoms with van der Waals surface area (Å²) in [4.78, 5) is 14.7. The number of hydrogen-bond acceptors (Lipinski definition) is 3. The number of hydrogen-bond donors (Lipinski definition) is 1. The molecule has 0 radical (unpaired) electrons. The molecule has 1 N–H and O–H groups in total. The molecule has 1 unspecified atom stereocenters. The van der Waals surface area contributed by atoms with Crippen molar-refractivity contribution in [1.29, 1.82) is 5.26 Å². The summed E-state index contributed by atoms with van der Waals surface area (Å²) < 4.78 is 26.0.